The molecule has 1 atom stereocenters. The molecule has 1 fully saturated rings. The molecule has 1 aliphatic rings. The van der Waals surface area contributed by atoms with Crippen LogP contribution in [0, 0.1) is 6.92 Å². The van der Waals surface area contributed by atoms with Gasteiger partial charge in [-0.3, -0.25) is 9.69 Å². The molecule has 0 saturated carbocycles. The Kier molecular flexibility index (Phi) is 7.13. The minimum Gasteiger partial charge on any atom is -0.343 e. The number of likely N-dealkylation sites (N-methyl/N-ethyl adjacent to an activating group) is 1. The van der Waals surface area contributed by atoms with Gasteiger partial charge in [-0.1, -0.05) is 36.7 Å². The summed E-state index contributed by atoms with van der Waals surface area (Å²) in [6.07, 6.45) is 2.33. The summed E-state index contributed by atoms with van der Waals surface area (Å²) in [4.78, 5) is 20.5. The first-order chi connectivity index (χ1) is 15.4. The quantitative estimate of drug-likeness (QED) is 0.488. The van der Waals surface area contributed by atoms with Crippen LogP contribution in [-0.2, 0) is 6.54 Å². The van der Waals surface area contributed by atoms with E-state index in [4.69, 9.17) is 23.8 Å². The van der Waals surface area contributed by atoms with E-state index in [1.807, 2.05) is 49.4 Å². The van der Waals surface area contributed by atoms with Crippen molar-refractivity contribution in [1.29, 1.82) is 0 Å². The molecule has 1 saturated heterocycles. The van der Waals surface area contributed by atoms with E-state index in [2.05, 4.69) is 33.1 Å². The third kappa shape index (κ3) is 5.31. The second kappa shape index (κ2) is 10.0. The third-order valence-corrected chi connectivity index (χ3v) is 6.73. The molecule has 2 N–H and O–H groups in total. The zero-order chi connectivity index (χ0) is 22.7. The number of halogens is 1. The van der Waals surface area contributed by atoms with Gasteiger partial charge in [0.2, 0.25) is 0 Å². The summed E-state index contributed by atoms with van der Waals surface area (Å²) in [6, 6.07) is 16.0. The number of pyridine rings is 1. The number of rotatable bonds is 6. The van der Waals surface area contributed by atoms with Crippen molar-refractivity contribution < 1.29 is 0 Å². The predicted molar refractivity (Wildman–Crippen MR) is 138 cm³/mol. The van der Waals surface area contributed by atoms with Crippen molar-refractivity contribution in [2.75, 3.05) is 25.0 Å². The van der Waals surface area contributed by atoms with Gasteiger partial charge in [-0.15, -0.1) is 0 Å². The molecule has 0 amide bonds. The van der Waals surface area contributed by atoms with Crippen LogP contribution >= 0.6 is 23.8 Å². The molecule has 2 aromatic carbocycles. The second-order valence-corrected chi connectivity index (χ2v) is 9.28. The van der Waals surface area contributed by atoms with Crippen LogP contribution < -0.4 is 10.9 Å². The summed E-state index contributed by atoms with van der Waals surface area (Å²) in [6.45, 7) is 7.56. The van der Waals surface area contributed by atoms with Crippen LogP contribution in [0.2, 0.25) is 5.02 Å². The molecule has 0 radical (unpaired) electrons. The van der Waals surface area contributed by atoms with Crippen LogP contribution in [0.3, 0.4) is 0 Å². The SMILES string of the molecule is CCN1CCCC1CN(Cc1cc2ccc(C)cc2[nH]c1=O)C(=S)Nc1cccc(Cl)c1. The summed E-state index contributed by atoms with van der Waals surface area (Å²) in [7, 11) is 0. The smallest absolute Gasteiger partial charge is 0.253 e. The van der Waals surface area contributed by atoms with Gasteiger partial charge in [-0.2, -0.15) is 0 Å². The van der Waals surface area contributed by atoms with E-state index in [9.17, 15) is 4.79 Å². The number of benzene rings is 2. The Bertz CT molecular complexity index is 1180. The maximum Gasteiger partial charge on any atom is 0.253 e. The molecule has 0 bridgehead atoms. The van der Waals surface area contributed by atoms with Crippen molar-refractivity contribution in [2.24, 2.45) is 0 Å². The molecule has 4 rings (SSSR count). The normalized spacial score (nSPS) is 16.4. The molecule has 3 aromatic rings. The van der Waals surface area contributed by atoms with E-state index in [-0.39, 0.29) is 5.56 Å². The monoisotopic (exact) mass is 468 g/mol. The maximum atomic E-state index is 12.9. The largest absolute Gasteiger partial charge is 0.343 e. The molecule has 7 heteroatoms. The number of aromatic nitrogens is 1. The first-order valence-electron chi connectivity index (χ1n) is 11.1. The zero-order valence-electron chi connectivity index (χ0n) is 18.5. The molecule has 1 unspecified atom stereocenters. The van der Waals surface area contributed by atoms with Crippen molar-refractivity contribution in [3.05, 3.63) is 75.0 Å². The number of aromatic amines is 1. The van der Waals surface area contributed by atoms with Crippen molar-refractivity contribution in [2.45, 2.75) is 39.3 Å². The van der Waals surface area contributed by atoms with Gasteiger partial charge in [-0.25, -0.2) is 0 Å². The molecule has 168 valence electrons. The summed E-state index contributed by atoms with van der Waals surface area (Å²) in [5.74, 6) is 0. The van der Waals surface area contributed by atoms with Crippen LogP contribution in [0.25, 0.3) is 10.9 Å². The average molecular weight is 469 g/mol. The van der Waals surface area contributed by atoms with Crippen LogP contribution in [0.15, 0.2) is 53.3 Å². The topological polar surface area (TPSA) is 51.4 Å². The summed E-state index contributed by atoms with van der Waals surface area (Å²) in [5, 5.41) is 5.59. The summed E-state index contributed by atoms with van der Waals surface area (Å²) >= 11 is 12.0. The molecule has 0 spiro atoms. The Morgan fingerprint density at radius 1 is 1.28 bits per heavy atom. The minimum absolute atomic E-state index is 0.0718. The number of nitrogens with one attached hydrogen (secondary N) is 2. The number of hydrogen-bond donors (Lipinski definition) is 2. The lowest BCUT2D eigenvalue weighted by atomic mass is 10.1. The molecule has 1 aromatic heterocycles. The Morgan fingerprint density at radius 3 is 2.91 bits per heavy atom. The van der Waals surface area contributed by atoms with Gasteiger partial charge in [0.15, 0.2) is 5.11 Å². The predicted octanol–water partition coefficient (Wildman–Crippen LogP) is 5.17. The highest BCUT2D eigenvalue weighted by Gasteiger charge is 2.26. The van der Waals surface area contributed by atoms with Crippen molar-refractivity contribution in [1.82, 2.24) is 14.8 Å². The molecular weight excluding hydrogens is 440 g/mol. The molecule has 5 nitrogen and oxygen atoms in total. The van der Waals surface area contributed by atoms with E-state index in [1.165, 1.54) is 6.42 Å². The lowest BCUT2D eigenvalue weighted by Crippen LogP contribution is -2.44. The van der Waals surface area contributed by atoms with Crippen LogP contribution in [-0.4, -0.2) is 45.6 Å². The molecule has 32 heavy (non-hydrogen) atoms. The lowest BCUT2D eigenvalue weighted by molar-refractivity contribution is 0.221. The zero-order valence-corrected chi connectivity index (χ0v) is 20.1. The fourth-order valence-electron chi connectivity index (χ4n) is 4.44. The van der Waals surface area contributed by atoms with Crippen LogP contribution in [0.4, 0.5) is 5.69 Å². The van der Waals surface area contributed by atoms with Crippen molar-refractivity contribution in [3.8, 4) is 0 Å². The summed E-state index contributed by atoms with van der Waals surface area (Å²) < 4.78 is 0. The molecule has 0 aliphatic carbocycles. The van der Waals surface area contributed by atoms with Gasteiger partial charge in [0, 0.05) is 34.4 Å². The number of nitrogens with zero attached hydrogens (tertiary/aromatic N) is 2. The van der Waals surface area contributed by atoms with Gasteiger partial charge < -0.3 is 15.2 Å². The van der Waals surface area contributed by atoms with Crippen molar-refractivity contribution >= 4 is 45.5 Å². The third-order valence-electron chi connectivity index (χ3n) is 6.14. The van der Waals surface area contributed by atoms with Crippen LogP contribution in [0.5, 0.6) is 0 Å². The lowest BCUT2D eigenvalue weighted by Gasteiger charge is -2.32. The molecular formula is C25H29ClN4OS. The van der Waals surface area contributed by atoms with E-state index in [0.29, 0.717) is 28.3 Å². The molecule has 2 heterocycles. The first-order valence-corrected chi connectivity index (χ1v) is 11.9. The number of H-pyrrole nitrogens is 1. The van der Waals surface area contributed by atoms with Gasteiger partial charge in [0.05, 0.1) is 6.54 Å². The second-order valence-electron chi connectivity index (χ2n) is 8.46. The Labute approximate surface area is 199 Å². The number of fused-ring (bicyclic) bond motifs is 1. The number of aryl methyl sites for hydroxylation is 1. The van der Waals surface area contributed by atoms with Gasteiger partial charge in [-0.05, 0) is 86.4 Å². The fourth-order valence-corrected chi connectivity index (χ4v) is 4.89. The Morgan fingerprint density at radius 2 is 2.12 bits per heavy atom. The first kappa shape index (κ1) is 22.8. The van der Waals surface area contributed by atoms with E-state index in [0.717, 1.165) is 48.2 Å². The number of hydrogen-bond acceptors (Lipinski definition) is 3. The molecule has 1 aliphatic heterocycles. The highest BCUT2D eigenvalue weighted by molar-refractivity contribution is 7.80. The van der Waals surface area contributed by atoms with E-state index in [1.54, 1.807) is 0 Å². The average Bonchev–Trinajstić information content (AvgIpc) is 3.21. The Hall–Kier alpha value is -2.41. The van der Waals surface area contributed by atoms with Crippen molar-refractivity contribution in [3.63, 3.8) is 0 Å². The highest BCUT2D eigenvalue weighted by Crippen LogP contribution is 2.21. The van der Waals surface area contributed by atoms with Gasteiger partial charge >= 0.3 is 0 Å². The minimum atomic E-state index is -0.0718. The van der Waals surface area contributed by atoms with Gasteiger partial charge in [0.25, 0.3) is 5.56 Å². The standard InChI is InChI=1S/C25H29ClN4OS/c1-3-29-11-5-8-22(29)16-30(25(32)27-21-7-4-6-20(26)14-21)15-19-13-18-10-9-17(2)12-23(18)28-24(19)31/h4,6-7,9-10,12-14,22H,3,5,8,11,15-16H2,1-2H3,(H,27,32)(H,28,31). The van der Waals surface area contributed by atoms with E-state index >= 15 is 0 Å². The Balaban J connectivity index is 1.61. The number of thiocarbonyl (C=S) groups is 1. The van der Waals surface area contributed by atoms with Crippen LogP contribution in [0.1, 0.15) is 30.9 Å². The highest BCUT2D eigenvalue weighted by atomic mass is 35.5. The maximum absolute atomic E-state index is 12.9. The number of likely N-dealkylation sites (tertiary alicyclic amines) is 1. The number of anilines is 1. The van der Waals surface area contributed by atoms with Gasteiger partial charge in [0.1, 0.15) is 0 Å². The summed E-state index contributed by atoms with van der Waals surface area (Å²) in [5.41, 5.74) is 3.46. The fraction of sp³-hybridized carbons (Fsp3) is 0.360. The van der Waals surface area contributed by atoms with E-state index < -0.39 is 0 Å².